The highest BCUT2D eigenvalue weighted by Crippen LogP contribution is 2.30. The average Bonchev–Trinajstić information content (AvgIpc) is 2.33. The van der Waals surface area contributed by atoms with Gasteiger partial charge in [-0.3, -0.25) is 10.1 Å². The van der Waals surface area contributed by atoms with Crippen molar-refractivity contribution in [1.82, 2.24) is 0 Å². The van der Waals surface area contributed by atoms with Gasteiger partial charge in [-0.2, -0.15) is 0 Å². The fourth-order valence-corrected chi connectivity index (χ4v) is 1.52. The van der Waals surface area contributed by atoms with E-state index in [2.05, 4.69) is 5.32 Å². The normalized spacial score (nSPS) is 11.8. The zero-order valence-corrected chi connectivity index (χ0v) is 11.0. The standard InChI is InChI=1S/C11H12ClFN2O4/c1-3-19-11(16)6(2)14-9-5-8(13)7(12)4-10(9)15(17)18/h4-6,14H,3H2,1-2H3. The second-order valence-corrected chi connectivity index (χ2v) is 4.07. The molecule has 1 atom stereocenters. The van der Waals surface area contributed by atoms with Crippen molar-refractivity contribution in [3.63, 3.8) is 0 Å². The molecule has 0 radical (unpaired) electrons. The molecule has 0 aliphatic rings. The summed E-state index contributed by atoms with van der Waals surface area (Å²) in [4.78, 5) is 21.5. The van der Waals surface area contributed by atoms with Crippen molar-refractivity contribution in [2.24, 2.45) is 0 Å². The lowest BCUT2D eigenvalue weighted by atomic mass is 10.2. The van der Waals surface area contributed by atoms with Crippen molar-refractivity contribution >= 4 is 28.9 Å². The molecule has 19 heavy (non-hydrogen) atoms. The molecule has 0 aromatic heterocycles. The topological polar surface area (TPSA) is 81.5 Å². The number of carbonyl (C=O) groups excluding carboxylic acids is 1. The monoisotopic (exact) mass is 290 g/mol. The van der Waals surface area contributed by atoms with Crippen molar-refractivity contribution in [1.29, 1.82) is 0 Å². The van der Waals surface area contributed by atoms with Crippen molar-refractivity contribution < 1.29 is 18.8 Å². The molecule has 0 fully saturated rings. The molecule has 0 amide bonds. The number of nitrogens with zero attached hydrogens (tertiary/aromatic N) is 1. The predicted molar refractivity (Wildman–Crippen MR) is 67.8 cm³/mol. The first-order valence-corrected chi connectivity index (χ1v) is 5.81. The van der Waals surface area contributed by atoms with Crippen LogP contribution in [0, 0.1) is 15.9 Å². The number of hydrogen-bond acceptors (Lipinski definition) is 5. The molecule has 0 heterocycles. The molecule has 1 aromatic carbocycles. The van der Waals surface area contributed by atoms with Gasteiger partial charge in [0, 0.05) is 12.1 Å². The van der Waals surface area contributed by atoms with Crippen LogP contribution in [0.4, 0.5) is 15.8 Å². The number of ether oxygens (including phenoxy) is 1. The highest BCUT2D eigenvalue weighted by atomic mass is 35.5. The molecule has 104 valence electrons. The molecule has 0 saturated heterocycles. The Morgan fingerprint density at radius 2 is 2.26 bits per heavy atom. The van der Waals surface area contributed by atoms with E-state index in [1.807, 2.05) is 0 Å². The first-order chi connectivity index (χ1) is 8.86. The molecule has 0 aliphatic heterocycles. The number of nitrogens with one attached hydrogen (secondary N) is 1. The van der Waals surface area contributed by atoms with Crippen LogP contribution in [0.3, 0.4) is 0 Å². The Hall–Kier alpha value is -1.89. The van der Waals surface area contributed by atoms with Crippen molar-refractivity contribution in [3.8, 4) is 0 Å². The lowest BCUT2D eigenvalue weighted by Gasteiger charge is -2.14. The van der Waals surface area contributed by atoms with E-state index in [1.165, 1.54) is 6.92 Å². The van der Waals surface area contributed by atoms with Gasteiger partial charge in [-0.15, -0.1) is 0 Å². The van der Waals surface area contributed by atoms with Crippen LogP contribution in [-0.4, -0.2) is 23.5 Å². The van der Waals surface area contributed by atoms with Crippen LogP contribution >= 0.6 is 11.6 Å². The Morgan fingerprint density at radius 3 is 2.79 bits per heavy atom. The summed E-state index contributed by atoms with van der Waals surface area (Å²) >= 11 is 5.48. The Balaban J connectivity index is 3.03. The van der Waals surface area contributed by atoms with Crippen LogP contribution in [0.15, 0.2) is 12.1 Å². The van der Waals surface area contributed by atoms with Crippen molar-refractivity contribution in [2.45, 2.75) is 19.9 Å². The second kappa shape index (κ2) is 6.33. The van der Waals surface area contributed by atoms with E-state index >= 15 is 0 Å². The molecule has 0 aliphatic carbocycles. The lowest BCUT2D eigenvalue weighted by molar-refractivity contribution is -0.384. The first-order valence-electron chi connectivity index (χ1n) is 5.43. The highest BCUT2D eigenvalue weighted by molar-refractivity contribution is 6.31. The molecule has 8 heteroatoms. The lowest BCUT2D eigenvalue weighted by Crippen LogP contribution is -2.28. The van der Waals surface area contributed by atoms with E-state index in [9.17, 15) is 19.3 Å². The molecule has 6 nitrogen and oxygen atoms in total. The van der Waals surface area contributed by atoms with Gasteiger partial charge < -0.3 is 10.1 Å². The van der Waals surface area contributed by atoms with E-state index in [0.717, 1.165) is 12.1 Å². The molecular formula is C11H12ClFN2O4. The average molecular weight is 291 g/mol. The number of carbonyl (C=O) groups is 1. The van der Waals surface area contributed by atoms with Crippen LogP contribution in [0.1, 0.15) is 13.8 Å². The van der Waals surface area contributed by atoms with Crippen molar-refractivity contribution in [2.75, 3.05) is 11.9 Å². The molecule has 1 N–H and O–H groups in total. The SMILES string of the molecule is CCOC(=O)C(C)Nc1cc(F)c(Cl)cc1[N+](=O)[O-]. The molecule has 0 bridgehead atoms. The summed E-state index contributed by atoms with van der Waals surface area (Å²) in [6.07, 6.45) is 0. The molecule has 0 spiro atoms. The van der Waals surface area contributed by atoms with Gasteiger partial charge in [-0.1, -0.05) is 11.6 Å². The van der Waals surface area contributed by atoms with Gasteiger partial charge in [-0.05, 0) is 13.8 Å². The molecule has 1 rings (SSSR count). The molecular weight excluding hydrogens is 279 g/mol. The fourth-order valence-electron chi connectivity index (χ4n) is 1.36. The highest BCUT2D eigenvalue weighted by Gasteiger charge is 2.22. The molecule has 1 aromatic rings. The smallest absolute Gasteiger partial charge is 0.328 e. The number of hydrogen-bond donors (Lipinski definition) is 1. The van der Waals surface area contributed by atoms with Crippen molar-refractivity contribution in [3.05, 3.63) is 33.1 Å². The van der Waals surface area contributed by atoms with E-state index < -0.39 is 28.4 Å². The number of benzene rings is 1. The maximum Gasteiger partial charge on any atom is 0.328 e. The summed E-state index contributed by atoms with van der Waals surface area (Å²) in [6.45, 7) is 3.27. The largest absolute Gasteiger partial charge is 0.464 e. The summed E-state index contributed by atoms with van der Waals surface area (Å²) in [5.41, 5.74) is -0.546. The van der Waals surface area contributed by atoms with Gasteiger partial charge >= 0.3 is 5.97 Å². The van der Waals surface area contributed by atoms with E-state index in [4.69, 9.17) is 16.3 Å². The third-order valence-electron chi connectivity index (χ3n) is 2.25. The third kappa shape index (κ3) is 3.78. The quantitative estimate of drug-likeness (QED) is 0.512. The van der Waals surface area contributed by atoms with Gasteiger partial charge in [0.2, 0.25) is 0 Å². The number of anilines is 1. The Labute approximate surface area is 113 Å². The van der Waals surface area contributed by atoms with Gasteiger partial charge in [0.05, 0.1) is 16.6 Å². The third-order valence-corrected chi connectivity index (χ3v) is 2.54. The minimum Gasteiger partial charge on any atom is -0.464 e. The van der Waals surface area contributed by atoms with Gasteiger partial charge in [0.15, 0.2) is 0 Å². The summed E-state index contributed by atoms with van der Waals surface area (Å²) < 4.78 is 18.1. The second-order valence-electron chi connectivity index (χ2n) is 3.66. The molecule has 1 unspecified atom stereocenters. The summed E-state index contributed by atoms with van der Waals surface area (Å²) in [7, 11) is 0. The fraction of sp³-hybridized carbons (Fsp3) is 0.364. The van der Waals surface area contributed by atoms with Crippen LogP contribution < -0.4 is 5.32 Å². The predicted octanol–water partition coefficient (Wildman–Crippen LogP) is 2.75. The maximum absolute atomic E-state index is 13.3. The molecule has 0 saturated carbocycles. The zero-order chi connectivity index (χ0) is 14.6. The van der Waals surface area contributed by atoms with E-state index in [1.54, 1.807) is 6.92 Å². The summed E-state index contributed by atoms with van der Waals surface area (Å²) in [5, 5.41) is 13.0. The van der Waals surface area contributed by atoms with Gasteiger partial charge in [0.1, 0.15) is 17.5 Å². The first kappa shape index (κ1) is 15.2. The number of nitro benzene ring substituents is 1. The van der Waals surface area contributed by atoms with Gasteiger partial charge in [0.25, 0.3) is 5.69 Å². The zero-order valence-electron chi connectivity index (χ0n) is 10.3. The van der Waals surface area contributed by atoms with E-state index in [0.29, 0.717) is 0 Å². The Morgan fingerprint density at radius 1 is 1.63 bits per heavy atom. The van der Waals surface area contributed by atoms with Crippen LogP contribution in [0.2, 0.25) is 5.02 Å². The van der Waals surface area contributed by atoms with Crippen LogP contribution in [0.25, 0.3) is 0 Å². The number of rotatable bonds is 5. The number of nitro groups is 1. The minimum absolute atomic E-state index is 0.132. The van der Waals surface area contributed by atoms with Gasteiger partial charge in [-0.25, -0.2) is 9.18 Å². The number of halogens is 2. The number of esters is 1. The van der Waals surface area contributed by atoms with Crippen LogP contribution in [0.5, 0.6) is 0 Å². The Bertz CT molecular complexity index is 510. The van der Waals surface area contributed by atoms with Crippen LogP contribution in [-0.2, 0) is 9.53 Å². The maximum atomic E-state index is 13.3. The minimum atomic E-state index is -0.848. The summed E-state index contributed by atoms with van der Waals surface area (Å²) in [6, 6.07) is 0.909. The summed E-state index contributed by atoms with van der Waals surface area (Å²) in [5.74, 6) is -1.40. The Kier molecular flexibility index (Phi) is 5.05. The van der Waals surface area contributed by atoms with E-state index in [-0.39, 0.29) is 17.3 Å².